The summed E-state index contributed by atoms with van der Waals surface area (Å²) in [4.78, 5) is 25.1. The number of sulfonamides is 1. The molecule has 184 valence electrons. The highest BCUT2D eigenvalue weighted by atomic mass is 32.2. The Bertz CT molecular complexity index is 1330. The zero-order valence-corrected chi connectivity index (χ0v) is 21.4. The van der Waals surface area contributed by atoms with Crippen molar-refractivity contribution in [1.29, 1.82) is 0 Å². The summed E-state index contributed by atoms with van der Waals surface area (Å²) in [7, 11) is -3.92. The lowest BCUT2D eigenvalue weighted by Crippen LogP contribution is -2.17. The summed E-state index contributed by atoms with van der Waals surface area (Å²) in [5.74, 6) is -1.08. The van der Waals surface area contributed by atoms with Crippen molar-refractivity contribution in [3.05, 3.63) is 94.0 Å². The largest absolute Gasteiger partial charge is 0.454 e. The number of aryl methyl sites for hydroxylation is 4. The average molecular weight is 494 g/mol. The lowest BCUT2D eigenvalue weighted by atomic mass is 10.0. The van der Waals surface area contributed by atoms with E-state index in [1.54, 1.807) is 37.3 Å². The molecule has 0 aliphatic carbocycles. The quantitative estimate of drug-likeness (QED) is 0.285. The maximum absolute atomic E-state index is 12.9. The molecule has 0 aliphatic heterocycles. The van der Waals surface area contributed by atoms with Crippen molar-refractivity contribution in [3.63, 3.8) is 0 Å². The van der Waals surface area contributed by atoms with Crippen LogP contribution in [0.2, 0.25) is 0 Å². The molecule has 0 saturated heterocycles. The highest BCUT2D eigenvalue weighted by Gasteiger charge is 2.20. The molecule has 1 N–H and O–H groups in total. The minimum absolute atomic E-state index is 0.0643. The first-order chi connectivity index (χ1) is 16.6. The Labute approximate surface area is 207 Å². The minimum atomic E-state index is -3.92. The maximum atomic E-state index is 12.9. The number of unbranched alkanes of at least 4 members (excludes halogenated alkanes) is 1. The summed E-state index contributed by atoms with van der Waals surface area (Å²) in [6.45, 7) is 7.23. The standard InChI is InChI=1S/C28H31NO5S/c1-5-6-7-22-10-13-24(14-11-22)29-35(32,33)25-15-9-20(3)26(17-25)28(31)34-18-27(30)23-12-8-19(2)21(4)16-23/h8-17,29H,5-7,18H2,1-4H3. The Balaban J connectivity index is 1.71. The van der Waals surface area contributed by atoms with E-state index in [-0.39, 0.29) is 16.2 Å². The van der Waals surface area contributed by atoms with Crippen LogP contribution in [0, 0.1) is 20.8 Å². The fourth-order valence-corrected chi connectivity index (χ4v) is 4.61. The Morgan fingerprint density at radius 3 is 2.20 bits per heavy atom. The van der Waals surface area contributed by atoms with E-state index in [4.69, 9.17) is 4.74 Å². The van der Waals surface area contributed by atoms with E-state index in [0.29, 0.717) is 16.8 Å². The van der Waals surface area contributed by atoms with E-state index in [9.17, 15) is 18.0 Å². The molecule has 0 amide bonds. The van der Waals surface area contributed by atoms with Crippen LogP contribution in [-0.2, 0) is 21.2 Å². The van der Waals surface area contributed by atoms with Crippen LogP contribution >= 0.6 is 0 Å². The van der Waals surface area contributed by atoms with Crippen LogP contribution in [0.5, 0.6) is 0 Å². The maximum Gasteiger partial charge on any atom is 0.338 e. The van der Waals surface area contributed by atoms with E-state index < -0.39 is 22.6 Å². The van der Waals surface area contributed by atoms with Crippen molar-refractivity contribution in [2.75, 3.05) is 11.3 Å². The van der Waals surface area contributed by atoms with Crippen molar-refractivity contribution in [3.8, 4) is 0 Å². The van der Waals surface area contributed by atoms with Crippen LogP contribution in [0.4, 0.5) is 5.69 Å². The summed E-state index contributed by atoms with van der Waals surface area (Å²) in [6, 6.07) is 16.8. The molecule has 0 unspecified atom stereocenters. The van der Waals surface area contributed by atoms with Gasteiger partial charge in [-0.2, -0.15) is 0 Å². The molecule has 0 bridgehead atoms. The smallest absolute Gasteiger partial charge is 0.338 e. The number of rotatable bonds is 10. The Morgan fingerprint density at radius 1 is 0.857 bits per heavy atom. The van der Waals surface area contributed by atoms with E-state index in [0.717, 1.165) is 36.0 Å². The zero-order chi connectivity index (χ0) is 25.6. The number of nitrogens with one attached hydrogen (secondary N) is 1. The third-order valence-corrected chi connectivity index (χ3v) is 7.31. The molecule has 7 heteroatoms. The van der Waals surface area contributed by atoms with Gasteiger partial charge < -0.3 is 4.74 Å². The Hall–Kier alpha value is -3.45. The van der Waals surface area contributed by atoms with Gasteiger partial charge in [0, 0.05) is 11.3 Å². The van der Waals surface area contributed by atoms with Crippen LogP contribution in [-0.4, -0.2) is 26.8 Å². The molecule has 0 atom stereocenters. The second-order valence-corrected chi connectivity index (χ2v) is 10.4. The first kappa shape index (κ1) is 26.2. The normalized spacial score (nSPS) is 11.2. The predicted molar refractivity (Wildman–Crippen MR) is 138 cm³/mol. The summed E-state index contributed by atoms with van der Waals surface area (Å²) >= 11 is 0. The molecule has 3 aromatic rings. The highest BCUT2D eigenvalue weighted by molar-refractivity contribution is 7.92. The summed E-state index contributed by atoms with van der Waals surface area (Å²) in [5, 5.41) is 0. The van der Waals surface area contributed by atoms with Gasteiger partial charge in [0.1, 0.15) is 0 Å². The van der Waals surface area contributed by atoms with Crippen molar-refractivity contribution in [1.82, 2.24) is 0 Å². The molecule has 0 heterocycles. The number of carbonyl (C=O) groups is 2. The molecule has 0 saturated carbocycles. The van der Waals surface area contributed by atoms with E-state index in [2.05, 4.69) is 11.6 Å². The molecular formula is C28H31NO5S. The number of benzene rings is 3. The van der Waals surface area contributed by atoms with Gasteiger partial charge in [0.25, 0.3) is 10.0 Å². The summed E-state index contributed by atoms with van der Waals surface area (Å²) < 4.78 is 33.6. The number of hydrogen-bond acceptors (Lipinski definition) is 5. The predicted octanol–water partition coefficient (Wildman–Crippen LogP) is 5.79. The van der Waals surface area contributed by atoms with Gasteiger partial charge in [0.15, 0.2) is 12.4 Å². The topological polar surface area (TPSA) is 89.5 Å². The van der Waals surface area contributed by atoms with Gasteiger partial charge in [0.2, 0.25) is 0 Å². The first-order valence-electron chi connectivity index (χ1n) is 11.6. The molecule has 0 aromatic heterocycles. The zero-order valence-electron chi connectivity index (χ0n) is 20.6. The fraction of sp³-hybridized carbons (Fsp3) is 0.286. The van der Waals surface area contributed by atoms with Crippen molar-refractivity contribution in [2.45, 2.75) is 51.9 Å². The van der Waals surface area contributed by atoms with Gasteiger partial charge in [-0.05, 0) is 86.2 Å². The van der Waals surface area contributed by atoms with Gasteiger partial charge in [-0.25, -0.2) is 13.2 Å². The Kier molecular flexibility index (Phi) is 8.46. The van der Waals surface area contributed by atoms with Crippen molar-refractivity contribution < 1.29 is 22.7 Å². The van der Waals surface area contributed by atoms with Crippen LogP contribution < -0.4 is 4.72 Å². The SMILES string of the molecule is CCCCc1ccc(NS(=O)(=O)c2ccc(C)c(C(=O)OCC(=O)c3ccc(C)c(C)c3)c2)cc1. The number of carbonyl (C=O) groups excluding carboxylic acids is 2. The van der Waals surface area contributed by atoms with Crippen LogP contribution in [0.15, 0.2) is 65.6 Å². The van der Waals surface area contributed by atoms with E-state index in [1.807, 2.05) is 32.0 Å². The lowest BCUT2D eigenvalue weighted by Gasteiger charge is -2.12. The molecule has 3 rings (SSSR count). The van der Waals surface area contributed by atoms with E-state index >= 15 is 0 Å². The van der Waals surface area contributed by atoms with Gasteiger partial charge in [-0.15, -0.1) is 0 Å². The molecule has 6 nitrogen and oxygen atoms in total. The number of anilines is 1. The minimum Gasteiger partial charge on any atom is -0.454 e. The third-order valence-electron chi connectivity index (χ3n) is 5.93. The summed E-state index contributed by atoms with van der Waals surface area (Å²) in [6.07, 6.45) is 3.11. The van der Waals surface area contributed by atoms with Crippen LogP contribution in [0.1, 0.15) is 62.7 Å². The second-order valence-electron chi connectivity index (χ2n) is 8.68. The first-order valence-corrected chi connectivity index (χ1v) is 13.1. The number of hydrogen-bond donors (Lipinski definition) is 1. The molecule has 0 aliphatic rings. The number of Topliss-reactive ketones (excluding diaryl/α,β-unsaturated/α-hetero) is 1. The monoisotopic (exact) mass is 493 g/mol. The van der Waals surface area contributed by atoms with Gasteiger partial charge in [-0.3, -0.25) is 9.52 Å². The second kappa shape index (κ2) is 11.3. The van der Waals surface area contributed by atoms with Crippen molar-refractivity contribution in [2.24, 2.45) is 0 Å². The van der Waals surface area contributed by atoms with E-state index in [1.165, 1.54) is 12.1 Å². The van der Waals surface area contributed by atoms with Gasteiger partial charge >= 0.3 is 5.97 Å². The number of ketones is 1. The molecular weight excluding hydrogens is 462 g/mol. The van der Waals surface area contributed by atoms with Crippen LogP contribution in [0.3, 0.4) is 0 Å². The molecule has 35 heavy (non-hydrogen) atoms. The van der Waals surface area contributed by atoms with Crippen LogP contribution in [0.25, 0.3) is 0 Å². The number of esters is 1. The van der Waals surface area contributed by atoms with Gasteiger partial charge in [0.05, 0.1) is 10.5 Å². The molecule has 0 spiro atoms. The summed E-state index contributed by atoms with van der Waals surface area (Å²) in [5.41, 5.74) is 4.72. The lowest BCUT2D eigenvalue weighted by molar-refractivity contribution is 0.0473. The third kappa shape index (κ3) is 6.79. The Morgan fingerprint density at radius 2 is 1.54 bits per heavy atom. The molecule has 0 fully saturated rings. The van der Waals surface area contributed by atoms with Gasteiger partial charge in [-0.1, -0.05) is 43.7 Å². The highest BCUT2D eigenvalue weighted by Crippen LogP contribution is 2.21. The van der Waals surface area contributed by atoms with Crippen molar-refractivity contribution >= 4 is 27.5 Å². The molecule has 3 aromatic carbocycles. The fourth-order valence-electron chi connectivity index (χ4n) is 3.53. The molecule has 0 radical (unpaired) electrons. The number of ether oxygens (including phenoxy) is 1. The average Bonchev–Trinajstić information content (AvgIpc) is 2.83.